The molecule has 2 aliphatic heterocycles. The van der Waals surface area contributed by atoms with Crippen LogP contribution >= 0.6 is 0 Å². The van der Waals surface area contributed by atoms with E-state index in [-0.39, 0.29) is 11.6 Å². The van der Waals surface area contributed by atoms with Crippen molar-refractivity contribution in [1.82, 2.24) is 14.4 Å². The predicted molar refractivity (Wildman–Crippen MR) is 199 cm³/mol. The third kappa shape index (κ3) is 3.58. The molecule has 0 radical (unpaired) electrons. The second-order valence-corrected chi connectivity index (χ2v) is 13.8. The van der Waals surface area contributed by atoms with Crippen LogP contribution in [-0.4, -0.2) is 20.2 Å². The van der Waals surface area contributed by atoms with Crippen molar-refractivity contribution >= 4 is 50.5 Å². The summed E-state index contributed by atoms with van der Waals surface area (Å²) in [6.45, 7) is 4.68. The number of hydrogen-bond donors (Lipinski definition) is 1. The fourth-order valence-electron chi connectivity index (χ4n) is 8.36. The number of rotatable bonds is 2. The van der Waals surface area contributed by atoms with Gasteiger partial charge in [-0.05, 0) is 76.9 Å². The monoisotopic (exact) mass is 630 g/mol. The van der Waals surface area contributed by atoms with Crippen molar-refractivity contribution < 1.29 is 0 Å². The zero-order chi connectivity index (χ0) is 32.4. The van der Waals surface area contributed by atoms with Gasteiger partial charge in [-0.25, -0.2) is 15.0 Å². The van der Waals surface area contributed by atoms with Crippen LogP contribution in [0.5, 0.6) is 0 Å². The van der Waals surface area contributed by atoms with Crippen LogP contribution in [0.4, 0.5) is 17.1 Å². The summed E-state index contributed by atoms with van der Waals surface area (Å²) < 4.78 is 2.23. The Hall–Kier alpha value is -6.27. The smallest absolute Gasteiger partial charge is 0.149 e. The highest BCUT2D eigenvalue weighted by Gasteiger charge is 2.40. The highest BCUT2D eigenvalue weighted by molar-refractivity contribution is 6.16. The van der Waals surface area contributed by atoms with Crippen LogP contribution in [0.2, 0.25) is 0 Å². The Morgan fingerprint density at radius 1 is 0.653 bits per heavy atom. The molecule has 49 heavy (non-hydrogen) atoms. The molecule has 2 aromatic heterocycles. The minimum absolute atomic E-state index is 0.00679. The summed E-state index contributed by atoms with van der Waals surface area (Å²) in [5.74, 6) is 1.87. The Morgan fingerprint density at radius 3 is 2.22 bits per heavy atom. The zero-order valence-corrected chi connectivity index (χ0v) is 27.0. The van der Waals surface area contributed by atoms with Crippen LogP contribution in [0.1, 0.15) is 42.3 Å². The Labute approximate surface area is 283 Å². The molecule has 0 fully saturated rings. The van der Waals surface area contributed by atoms with Gasteiger partial charge in [0, 0.05) is 27.5 Å². The molecule has 0 spiro atoms. The molecule has 8 aromatic rings. The number of imidazole rings is 1. The maximum atomic E-state index is 5.29. The van der Waals surface area contributed by atoms with E-state index in [0.717, 1.165) is 67.4 Å². The van der Waals surface area contributed by atoms with Crippen LogP contribution < -0.4 is 10.2 Å². The van der Waals surface area contributed by atoms with Crippen molar-refractivity contribution in [2.24, 2.45) is 4.99 Å². The maximum Gasteiger partial charge on any atom is 0.149 e. The van der Waals surface area contributed by atoms with Gasteiger partial charge in [-0.15, -0.1) is 0 Å². The van der Waals surface area contributed by atoms with E-state index in [4.69, 9.17) is 15.0 Å². The number of aromatic nitrogens is 3. The van der Waals surface area contributed by atoms with Gasteiger partial charge in [0.2, 0.25) is 0 Å². The number of amidine groups is 1. The standard InChI is InChI=1S/C43H30N6/c1-43(2)31-23-25(39-44-33-13-5-3-11-29(33)41-46-35-15-7-9-17-37(35)48(39)41)19-21-27(31)28-22-20-26(24-32(28)43)40-45-34-14-6-4-12-30(34)42-47-36-16-8-10-18-38(36)49(40)42/h3-24,41,46H,1-2H3. The molecule has 0 amide bonds. The SMILES string of the molecule is CC1(C)c2cc(C3=Nc4ccccc4C4Nc5ccccc5N34)ccc2-c2ccc(-c3nc4ccccc4c4nc5ccccc5n34)cc21. The van der Waals surface area contributed by atoms with Gasteiger partial charge in [0.15, 0.2) is 0 Å². The number of nitrogens with zero attached hydrogens (tertiary/aromatic N) is 5. The largest absolute Gasteiger partial charge is 0.359 e. The molecule has 3 aliphatic rings. The van der Waals surface area contributed by atoms with Crippen molar-refractivity contribution in [2.75, 3.05) is 10.2 Å². The van der Waals surface area contributed by atoms with E-state index in [9.17, 15) is 0 Å². The van der Waals surface area contributed by atoms with Crippen LogP contribution in [0.3, 0.4) is 0 Å². The van der Waals surface area contributed by atoms with Gasteiger partial charge >= 0.3 is 0 Å². The zero-order valence-electron chi connectivity index (χ0n) is 27.0. The average molecular weight is 631 g/mol. The third-order valence-corrected chi connectivity index (χ3v) is 10.7. The molecule has 1 atom stereocenters. The first kappa shape index (κ1) is 26.8. The Kier molecular flexibility index (Phi) is 5.14. The first-order valence-corrected chi connectivity index (χ1v) is 16.8. The summed E-state index contributed by atoms with van der Waals surface area (Å²) in [6.07, 6.45) is -0.00679. The van der Waals surface area contributed by atoms with E-state index in [1.807, 2.05) is 12.1 Å². The molecular weight excluding hydrogens is 601 g/mol. The number of nitrogens with one attached hydrogen (secondary N) is 1. The van der Waals surface area contributed by atoms with E-state index in [2.05, 4.69) is 150 Å². The first-order valence-electron chi connectivity index (χ1n) is 16.8. The molecule has 6 heteroatoms. The summed E-state index contributed by atoms with van der Waals surface area (Å²) >= 11 is 0. The summed E-state index contributed by atoms with van der Waals surface area (Å²) in [5.41, 5.74) is 15.5. The molecule has 6 nitrogen and oxygen atoms in total. The Bertz CT molecular complexity index is 2750. The minimum Gasteiger partial charge on any atom is -0.359 e. The van der Waals surface area contributed by atoms with E-state index in [1.165, 1.54) is 27.8 Å². The van der Waals surface area contributed by atoms with Crippen LogP contribution in [0, 0.1) is 0 Å². The van der Waals surface area contributed by atoms with Gasteiger partial charge in [-0.3, -0.25) is 9.30 Å². The van der Waals surface area contributed by atoms with E-state index in [0.29, 0.717) is 0 Å². The number of para-hydroxylation sites is 6. The topological polar surface area (TPSA) is 57.8 Å². The molecule has 1 N–H and O–H groups in total. The highest BCUT2D eigenvalue weighted by Crippen LogP contribution is 2.52. The Balaban J connectivity index is 1.07. The van der Waals surface area contributed by atoms with Crippen LogP contribution in [0.25, 0.3) is 50.1 Å². The van der Waals surface area contributed by atoms with E-state index in [1.54, 1.807) is 0 Å². The van der Waals surface area contributed by atoms with Gasteiger partial charge in [0.05, 0.1) is 33.6 Å². The molecular formula is C43H30N6. The van der Waals surface area contributed by atoms with Crippen molar-refractivity contribution in [3.63, 3.8) is 0 Å². The second-order valence-electron chi connectivity index (χ2n) is 13.8. The summed E-state index contributed by atoms with van der Waals surface area (Å²) in [6, 6.07) is 47.4. The Morgan fingerprint density at radius 2 is 1.35 bits per heavy atom. The molecule has 6 aromatic carbocycles. The molecule has 0 saturated heterocycles. The molecule has 0 saturated carbocycles. The van der Waals surface area contributed by atoms with Gasteiger partial charge in [-0.2, -0.15) is 0 Å². The quantitative estimate of drug-likeness (QED) is 0.207. The number of aliphatic imine (C=N–C) groups is 1. The van der Waals surface area contributed by atoms with Gasteiger partial charge in [-0.1, -0.05) is 92.7 Å². The third-order valence-electron chi connectivity index (χ3n) is 10.7. The lowest BCUT2D eigenvalue weighted by atomic mass is 9.81. The molecule has 1 unspecified atom stereocenters. The van der Waals surface area contributed by atoms with Gasteiger partial charge in [0.1, 0.15) is 23.5 Å². The second kappa shape index (κ2) is 9.42. The summed E-state index contributed by atoms with van der Waals surface area (Å²) in [7, 11) is 0. The summed E-state index contributed by atoms with van der Waals surface area (Å²) in [4.78, 5) is 18.0. The molecule has 1 aliphatic carbocycles. The fraction of sp³-hybridized carbons (Fsp3) is 0.0930. The normalized spacial score (nSPS) is 16.6. The van der Waals surface area contributed by atoms with Gasteiger partial charge in [0.25, 0.3) is 0 Å². The van der Waals surface area contributed by atoms with E-state index < -0.39 is 0 Å². The maximum absolute atomic E-state index is 5.29. The van der Waals surface area contributed by atoms with E-state index >= 15 is 0 Å². The average Bonchev–Trinajstić information content (AvgIpc) is 3.80. The lowest BCUT2D eigenvalue weighted by Crippen LogP contribution is -2.37. The lowest BCUT2D eigenvalue weighted by Gasteiger charge is -2.33. The van der Waals surface area contributed by atoms with Gasteiger partial charge < -0.3 is 5.32 Å². The predicted octanol–water partition coefficient (Wildman–Crippen LogP) is 10.0. The number of benzene rings is 6. The number of anilines is 2. The first-order chi connectivity index (χ1) is 24.0. The molecule has 4 heterocycles. The number of hydrogen-bond acceptors (Lipinski definition) is 5. The minimum atomic E-state index is -0.239. The van der Waals surface area contributed by atoms with Crippen LogP contribution in [0.15, 0.2) is 138 Å². The molecule has 232 valence electrons. The van der Waals surface area contributed by atoms with Crippen LogP contribution in [-0.2, 0) is 5.41 Å². The summed E-state index contributed by atoms with van der Waals surface area (Å²) in [5, 5.41) is 4.81. The number of fused-ring (bicyclic) bond motifs is 13. The molecule has 11 rings (SSSR count). The fourth-order valence-corrected chi connectivity index (χ4v) is 8.36. The van der Waals surface area contributed by atoms with Crippen molar-refractivity contribution in [2.45, 2.75) is 25.4 Å². The van der Waals surface area contributed by atoms with Crippen molar-refractivity contribution in [3.05, 3.63) is 156 Å². The van der Waals surface area contributed by atoms with Crippen molar-refractivity contribution in [3.8, 4) is 22.5 Å². The van der Waals surface area contributed by atoms with Crippen molar-refractivity contribution in [1.29, 1.82) is 0 Å². The molecule has 0 bridgehead atoms. The lowest BCUT2D eigenvalue weighted by molar-refractivity contribution is 0.660. The highest BCUT2D eigenvalue weighted by atomic mass is 15.4.